The molecule has 0 fully saturated rings. The van der Waals surface area contributed by atoms with Crippen LogP contribution in [-0.4, -0.2) is 32.9 Å². The minimum atomic E-state index is -0.829. The third kappa shape index (κ3) is 3.79. The first-order valence-corrected chi connectivity index (χ1v) is 9.17. The molecule has 0 saturated heterocycles. The van der Waals surface area contributed by atoms with Crippen molar-refractivity contribution in [2.24, 2.45) is 0 Å². The average Bonchev–Trinajstić information content (AvgIpc) is 3.27. The van der Waals surface area contributed by atoms with E-state index in [0.717, 1.165) is 24.2 Å². The Balaban J connectivity index is 1.56. The Morgan fingerprint density at radius 1 is 1.39 bits per heavy atom. The third-order valence-corrected chi connectivity index (χ3v) is 4.71. The first-order valence-electron chi connectivity index (χ1n) is 8.80. The molecule has 0 amide bonds. The number of aromatic nitrogens is 3. The van der Waals surface area contributed by atoms with Gasteiger partial charge in [-0.1, -0.05) is 34.7 Å². The quantitative estimate of drug-likeness (QED) is 0.657. The van der Waals surface area contributed by atoms with E-state index in [1.165, 1.54) is 11.8 Å². The largest absolute Gasteiger partial charge is 0.380 e. The zero-order valence-electron chi connectivity index (χ0n) is 15.2. The van der Waals surface area contributed by atoms with Gasteiger partial charge in [0.15, 0.2) is 5.82 Å². The second-order valence-corrected chi connectivity index (χ2v) is 6.97. The van der Waals surface area contributed by atoms with Gasteiger partial charge in [0.1, 0.15) is 16.9 Å². The van der Waals surface area contributed by atoms with Crippen LogP contribution in [0, 0.1) is 18.8 Å². The van der Waals surface area contributed by atoms with Gasteiger partial charge in [-0.15, -0.1) is 0 Å². The number of hydrogen-bond acceptors (Lipinski definition) is 7. The number of nitrogens with two attached hydrogens (primary N) is 1. The number of nitrogen functional groups attached to an aromatic ring is 1. The van der Waals surface area contributed by atoms with E-state index in [1.54, 1.807) is 6.07 Å². The molecule has 2 aromatic heterocycles. The van der Waals surface area contributed by atoms with Crippen LogP contribution in [-0.2, 0) is 12.8 Å². The molecule has 0 bridgehead atoms. The number of anilines is 3. The molecule has 7 nitrogen and oxygen atoms in total. The van der Waals surface area contributed by atoms with Gasteiger partial charge in [-0.05, 0) is 31.0 Å². The highest BCUT2D eigenvalue weighted by Gasteiger charge is 2.24. The summed E-state index contributed by atoms with van der Waals surface area (Å²) in [5, 5.41) is 14.5. The smallest absolute Gasteiger partial charge is 0.222 e. The van der Waals surface area contributed by atoms with Crippen LogP contribution in [0.2, 0.25) is 5.02 Å². The van der Waals surface area contributed by atoms with Gasteiger partial charge in [0.2, 0.25) is 5.95 Å². The topological polar surface area (TPSA) is 101 Å². The van der Waals surface area contributed by atoms with Crippen molar-refractivity contribution in [1.82, 2.24) is 15.1 Å². The molecule has 1 aliphatic heterocycles. The van der Waals surface area contributed by atoms with E-state index in [1.807, 2.05) is 30.0 Å². The monoisotopic (exact) mass is 395 g/mol. The van der Waals surface area contributed by atoms with Gasteiger partial charge < -0.3 is 20.3 Å². The molecule has 0 radical (unpaired) electrons. The molecule has 3 N–H and O–H groups in total. The molecule has 1 aliphatic rings. The normalized spacial score (nSPS) is 13.8. The first kappa shape index (κ1) is 18.3. The van der Waals surface area contributed by atoms with Crippen molar-refractivity contribution >= 4 is 29.1 Å². The van der Waals surface area contributed by atoms with Crippen molar-refractivity contribution in [2.45, 2.75) is 25.9 Å². The Morgan fingerprint density at radius 2 is 2.25 bits per heavy atom. The van der Waals surface area contributed by atoms with Gasteiger partial charge in [-0.25, -0.2) is 4.98 Å². The standard InChI is InChI=1S/C20H18ClN5O2/c1-12-8-15(25-28-12)10-16(27)5-3-13-2-4-14-6-7-26(18(14)9-13)19-17(21)11-23-20(22)24-19/h2,4,8-9,11,16,27H,6-7,10H2,1H3,(H2,22,23,24)/t16-/m1/s1. The van der Waals surface area contributed by atoms with Crippen LogP contribution < -0.4 is 10.6 Å². The minimum absolute atomic E-state index is 0.176. The van der Waals surface area contributed by atoms with E-state index in [-0.39, 0.29) is 5.95 Å². The highest BCUT2D eigenvalue weighted by atomic mass is 35.5. The number of aliphatic hydroxyl groups excluding tert-OH is 1. The highest BCUT2D eigenvalue weighted by Crippen LogP contribution is 2.37. The minimum Gasteiger partial charge on any atom is -0.380 e. The van der Waals surface area contributed by atoms with E-state index < -0.39 is 6.10 Å². The van der Waals surface area contributed by atoms with E-state index in [9.17, 15) is 5.11 Å². The van der Waals surface area contributed by atoms with Crippen LogP contribution >= 0.6 is 11.6 Å². The number of aliphatic hydroxyl groups is 1. The molecule has 28 heavy (non-hydrogen) atoms. The molecule has 3 heterocycles. The van der Waals surface area contributed by atoms with Crippen molar-refractivity contribution in [3.8, 4) is 11.8 Å². The molecular formula is C20H18ClN5O2. The summed E-state index contributed by atoms with van der Waals surface area (Å²) in [5.41, 5.74) is 9.35. The number of halogens is 1. The predicted octanol–water partition coefficient (Wildman–Crippen LogP) is 2.66. The number of fused-ring (bicyclic) bond motifs is 1. The fourth-order valence-electron chi connectivity index (χ4n) is 3.17. The Hall–Kier alpha value is -3.08. The Kier molecular flexibility index (Phi) is 4.90. The number of rotatable bonds is 3. The second-order valence-electron chi connectivity index (χ2n) is 6.56. The van der Waals surface area contributed by atoms with Gasteiger partial charge in [-0.2, -0.15) is 4.98 Å². The van der Waals surface area contributed by atoms with Gasteiger partial charge in [-0.3, -0.25) is 0 Å². The SMILES string of the molecule is Cc1cc(C[C@H](O)C#Cc2ccc3c(c2)N(c2nc(N)ncc2Cl)CC3)no1. The maximum atomic E-state index is 10.1. The molecule has 0 aliphatic carbocycles. The maximum Gasteiger partial charge on any atom is 0.222 e. The van der Waals surface area contributed by atoms with Gasteiger partial charge >= 0.3 is 0 Å². The zero-order chi connectivity index (χ0) is 19.7. The molecular weight excluding hydrogens is 378 g/mol. The first-order chi connectivity index (χ1) is 13.5. The van der Waals surface area contributed by atoms with Gasteiger partial charge in [0.05, 0.1) is 11.9 Å². The summed E-state index contributed by atoms with van der Waals surface area (Å²) in [5.74, 6) is 7.35. The number of aryl methyl sites for hydroxylation is 1. The molecule has 142 valence electrons. The lowest BCUT2D eigenvalue weighted by Crippen LogP contribution is -2.16. The molecule has 1 atom stereocenters. The van der Waals surface area contributed by atoms with Crippen molar-refractivity contribution in [1.29, 1.82) is 0 Å². The Labute approximate surface area is 167 Å². The summed E-state index contributed by atoms with van der Waals surface area (Å²) in [6.45, 7) is 2.55. The van der Waals surface area contributed by atoms with Crippen molar-refractivity contribution in [3.63, 3.8) is 0 Å². The third-order valence-electron chi connectivity index (χ3n) is 4.44. The Bertz CT molecular complexity index is 1090. The zero-order valence-corrected chi connectivity index (χ0v) is 15.9. The summed E-state index contributed by atoms with van der Waals surface area (Å²) >= 11 is 6.27. The lowest BCUT2D eigenvalue weighted by molar-refractivity contribution is 0.229. The highest BCUT2D eigenvalue weighted by molar-refractivity contribution is 6.33. The number of hydrogen-bond donors (Lipinski definition) is 2. The van der Waals surface area contributed by atoms with Crippen LogP contribution in [0.5, 0.6) is 0 Å². The van der Waals surface area contributed by atoms with E-state index in [0.29, 0.717) is 28.7 Å². The fourth-order valence-corrected chi connectivity index (χ4v) is 3.36. The van der Waals surface area contributed by atoms with Crippen LogP contribution in [0.15, 0.2) is 35.0 Å². The summed E-state index contributed by atoms with van der Waals surface area (Å²) in [4.78, 5) is 10.2. The summed E-state index contributed by atoms with van der Waals surface area (Å²) in [6.07, 6.45) is 1.86. The predicted molar refractivity (Wildman–Crippen MR) is 106 cm³/mol. The lowest BCUT2D eigenvalue weighted by atomic mass is 10.1. The second kappa shape index (κ2) is 7.50. The maximum absolute atomic E-state index is 10.1. The molecule has 8 heteroatoms. The average molecular weight is 396 g/mol. The molecule has 0 saturated carbocycles. The van der Waals surface area contributed by atoms with Crippen LogP contribution in [0.3, 0.4) is 0 Å². The van der Waals surface area contributed by atoms with Crippen LogP contribution in [0.4, 0.5) is 17.5 Å². The Morgan fingerprint density at radius 3 is 3.04 bits per heavy atom. The van der Waals surface area contributed by atoms with E-state index in [4.69, 9.17) is 21.9 Å². The van der Waals surface area contributed by atoms with Crippen molar-refractivity contribution in [3.05, 3.63) is 58.1 Å². The van der Waals surface area contributed by atoms with Crippen LogP contribution in [0.1, 0.15) is 22.6 Å². The molecule has 3 aromatic rings. The molecule has 4 rings (SSSR count). The molecule has 0 spiro atoms. The summed E-state index contributed by atoms with van der Waals surface area (Å²) in [7, 11) is 0. The van der Waals surface area contributed by atoms with Gasteiger partial charge in [0, 0.05) is 30.3 Å². The number of benzene rings is 1. The fraction of sp³-hybridized carbons (Fsp3) is 0.250. The number of nitrogens with zero attached hydrogens (tertiary/aromatic N) is 4. The lowest BCUT2D eigenvalue weighted by Gasteiger charge is -2.19. The van der Waals surface area contributed by atoms with E-state index in [2.05, 4.69) is 27.0 Å². The summed E-state index contributed by atoms with van der Waals surface area (Å²) in [6, 6.07) is 7.73. The van der Waals surface area contributed by atoms with E-state index >= 15 is 0 Å². The van der Waals surface area contributed by atoms with Crippen molar-refractivity contribution < 1.29 is 9.63 Å². The molecule has 1 aromatic carbocycles. The van der Waals surface area contributed by atoms with Gasteiger partial charge in [0.25, 0.3) is 0 Å². The summed E-state index contributed by atoms with van der Waals surface area (Å²) < 4.78 is 5.01. The van der Waals surface area contributed by atoms with Crippen molar-refractivity contribution in [2.75, 3.05) is 17.2 Å². The molecule has 0 unspecified atom stereocenters. The van der Waals surface area contributed by atoms with Crippen LogP contribution in [0.25, 0.3) is 0 Å².